The Morgan fingerprint density at radius 1 is 1.17 bits per heavy atom. The van der Waals surface area contributed by atoms with Gasteiger partial charge in [0.25, 0.3) is 0 Å². The molecule has 0 aliphatic carbocycles. The van der Waals surface area contributed by atoms with Crippen molar-refractivity contribution in [3.05, 3.63) is 53.6 Å². The van der Waals surface area contributed by atoms with E-state index in [9.17, 15) is 0 Å². The lowest BCUT2D eigenvalue weighted by Crippen LogP contribution is -2.15. The number of unbranched alkanes of at least 4 members (excludes halogenated alkanes) is 1. The number of allylic oxidation sites excluding steroid dienone is 2. The normalized spacial score (nSPS) is 15.2. The van der Waals surface area contributed by atoms with Gasteiger partial charge in [-0.25, -0.2) is 0 Å². The molecule has 0 saturated heterocycles. The van der Waals surface area contributed by atoms with Crippen molar-refractivity contribution >= 4 is 48.9 Å². The van der Waals surface area contributed by atoms with Crippen LogP contribution in [0.2, 0.25) is 0 Å². The van der Waals surface area contributed by atoms with E-state index in [1.54, 1.807) is 0 Å². The predicted molar refractivity (Wildman–Crippen MR) is 149 cm³/mol. The summed E-state index contributed by atoms with van der Waals surface area (Å²) in [6.07, 6.45) is 13.9. The molecule has 1 rings (SSSR count). The first-order valence-electron chi connectivity index (χ1n) is 10.5. The van der Waals surface area contributed by atoms with Crippen LogP contribution in [-0.2, 0) is 9.05 Å². The summed E-state index contributed by atoms with van der Waals surface area (Å²) < 4.78 is 12.3. The molecule has 30 heavy (non-hydrogen) atoms. The molecule has 7 unspecified atom stereocenters. The van der Waals surface area contributed by atoms with E-state index in [2.05, 4.69) is 108 Å². The van der Waals surface area contributed by atoms with Gasteiger partial charge >= 0.3 is 0 Å². The third kappa shape index (κ3) is 11.8. The van der Waals surface area contributed by atoms with Crippen LogP contribution < -0.4 is 0 Å². The lowest BCUT2D eigenvalue weighted by atomic mass is 9.96. The second-order valence-corrected chi connectivity index (χ2v) is 14.0. The fourth-order valence-electron chi connectivity index (χ4n) is 2.95. The van der Waals surface area contributed by atoms with Gasteiger partial charge in [-0.05, 0) is 29.9 Å². The minimum Gasteiger partial charge on any atom is -0.351 e. The molecular weight excluding hydrogens is 463 g/mol. The molecular formula is C23H37O2P5. The summed E-state index contributed by atoms with van der Waals surface area (Å²) in [7, 11) is 7.95. The van der Waals surface area contributed by atoms with Crippen molar-refractivity contribution in [1.29, 1.82) is 0 Å². The van der Waals surface area contributed by atoms with Crippen LogP contribution in [0, 0.1) is 17.8 Å². The third-order valence-corrected chi connectivity index (χ3v) is 6.59. The average Bonchev–Trinajstić information content (AvgIpc) is 2.73. The van der Waals surface area contributed by atoms with Crippen LogP contribution in [-0.4, -0.2) is 6.10 Å². The van der Waals surface area contributed by atoms with Crippen molar-refractivity contribution in [3.8, 4) is 11.8 Å². The molecule has 0 saturated carbocycles. The standard InChI is InChI=1S/C23H37O2P5/c1-4-6-8-10-13-19(3)22(24-29-26)18-17-20-14-11-12-15-21(20)23(25-30(27)28)16-9-7-5-2/h8,10-12,14-15,17-19,22-23,29H,4-6,13,16,26-28H2,1-3H3/b10-8-,18-17+. The zero-order valence-corrected chi connectivity index (χ0v) is 23.7. The maximum absolute atomic E-state index is 6.21. The van der Waals surface area contributed by atoms with Gasteiger partial charge in [0.1, 0.15) is 0 Å². The molecule has 1 aromatic rings. The van der Waals surface area contributed by atoms with Crippen molar-refractivity contribution in [1.82, 2.24) is 0 Å². The quantitative estimate of drug-likeness (QED) is 0.153. The molecule has 7 atom stereocenters. The van der Waals surface area contributed by atoms with Gasteiger partial charge in [-0.1, -0.05) is 103 Å². The van der Waals surface area contributed by atoms with Crippen molar-refractivity contribution in [2.45, 2.75) is 65.1 Å². The minimum atomic E-state index is -0.637. The highest BCUT2D eigenvalue weighted by atomic mass is 32.4. The van der Waals surface area contributed by atoms with Gasteiger partial charge in [0.05, 0.1) is 19.7 Å². The van der Waals surface area contributed by atoms with Gasteiger partial charge in [0.2, 0.25) is 0 Å². The summed E-state index contributed by atoms with van der Waals surface area (Å²) in [4.78, 5) is 0. The minimum absolute atomic E-state index is 0.0385. The van der Waals surface area contributed by atoms with Gasteiger partial charge in [-0.15, -0.1) is 11.8 Å². The van der Waals surface area contributed by atoms with Crippen LogP contribution in [0.25, 0.3) is 6.08 Å². The third-order valence-electron chi connectivity index (χ3n) is 4.54. The fraction of sp³-hybridized carbons (Fsp3) is 0.478. The van der Waals surface area contributed by atoms with Crippen molar-refractivity contribution in [2.24, 2.45) is 5.92 Å². The van der Waals surface area contributed by atoms with Gasteiger partial charge in [-0.3, -0.25) is 0 Å². The number of hydrogen-bond acceptors (Lipinski definition) is 2. The summed E-state index contributed by atoms with van der Waals surface area (Å²) in [5, 5.41) is 0. The summed E-state index contributed by atoms with van der Waals surface area (Å²) in [5.41, 5.74) is 2.35. The molecule has 0 fully saturated rings. The maximum atomic E-state index is 6.21. The zero-order valence-electron chi connectivity index (χ0n) is 18.4. The van der Waals surface area contributed by atoms with Crippen molar-refractivity contribution in [2.75, 3.05) is 0 Å². The van der Waals surface area contributed by atoms with Crippen LogP contribution in [0.3, 0.4) is 0 Å². The molecule has 1 aromatic carbocycles. The van der Waals surface area contributed by atoms with Gasteiger partial charge in [0.15, 0.2) is 0 Å². The first kappa shape index (κ1) is 28.4. The Bertz CT molecular complexity index is 709. The summed E-state index contributed by atoms with van der Waals surface area (Å²) in [6, 6.07) is 8.45. The maximum Gasteiger partial charge on any atom is 0.0991 e. The Morgan fingerprint density at radius 2 is 1.93 bits per heavy atom. The van der Waals surface area contributed by atoms with E-state index >= 15 is 0 Å². The van der Waals surface area contributed by atoms with E-state index in [1.165, 1.54) is 17.5 Å². The predicted octanol–water partition coefficient (Wildman–Crippen LogP) is 8.69. The molecule has 0 aromatic heterocycles. The highest BCUT2D eigenvalue weighted by molar-refractivity contribution is 8.41. The van der Waals surface area contributed by atoms with E-state index in [1.807, 2.05) is 0 Å². The van der Waals surface area contributed by atoms with E-state index in [0.29, 0.717) is 20.8 Å². The first-order chi connectivity index (χ1) is 14.5. The Morgan fingerprint density at radius 3 is 2.60 bits per heavy atom. The largest absolute Gasteiger partial charge is 0.351 e. The number of hydrogen-bond donors (Lipinski definition) is 0. The molecule has 0 aliphatic heterocycles. The molecule has 0 N–H and O–H groups in total. The van der Waals surface area contributed by atoms with Gasteiger partial charge in [0, 0.05) is 21.3 Å². The Balaban J connectivity index is 3.04. The SMILES string of the molecule is CCC#CCC(OP(P)P)c1ccccc1/C=C/C(OPP)C(C)C/C=C\CCC. The van der Waals surface area contributed by atoms with E-state index in [4.69, 9.17) is 9.05 Å². The Labute approximate surface area is 194 Å². The van der Waals surface area contributed by atoms with Crippen LogP contribution in [0.15, 0.2) is 42.5 Å². The highest BCUT2D eigenvalue weighted by Gasteiger charge is 2.17. The van der Waals surface area contributed by atoms with Gasteiger partial charge < -0.3 is 9.05 Å². The monoisotopic (exact) mass is 500 g/mol. The second-order valence-electron chi connectivity index (χ2n) is 7.03. The fourth-order valence-corrected chi connectivity index (χ4v) is 5.25. The molecule has 0 amide bonds. The summed E-state index contributed by atoms with van der Waals surface area (Å²) in [6.45, 7) is 6.53. The van der Waals surface area contributed by atoms with Crippen molar-refractivity contribution < 1.29 is 9.05 Å². The topological polar surface area (TPSA) is 18.5 Å². The molecule has 0 radical (unpaired) electrons. The number of rotatable bonds is 13. The van der Waals surface area contributed by atoms with Gasteiger partial charge in [-0.2, -0.15) is 0 Å². The lowest BCUT2D eigenvalue weighted by molar-refractivity contribution is 0.221. The Hall–Kier alpha value is 0.330. The smallest absolute Gasteiger partial charge is 0.0991 e. The summed E-state index contributed by atoms with van der Waals surface area (Å²) >= 11 is 0. The zero-order chi connectivity index (χ0) is 22.2. The molecule has 0 bridgehead atoms. The first-order valence-corrected chi connectivity index (χ1v) is 17.7. The molecule has 166 valence electrons. The molecule has 0 spiro atoms. The molecule has 7 heteroatoms. The molecule has 2 nitrogen and oxygen atoms in total. The number of benzene rings is 1. The van der Waals surface area contributed by atoms with Crippen molar-refractivity contribution in [3.63, 3.8) is 0 Å². The lowest BCUT2D eigenvalue weighted by Gasteiger charge is -2.21. The van der Waals surface area contributed by atoms with Crippen LogP contribution in [0.1, 0.15) is 70.1 Å². The average molecular weight is 500 g/mol. The molecule has 0 heterocycles. The van der Waals surface area contributed by atoms with E-state index in [-0.39, 0.29) is 12.2 Å². The van der Waals surface area contributed by atoms with Crippen LogP contribution in [0.4, 0.5) is 0 Å². The Kier molecular flexibility index (Phi) is 16.9. The highest BCUT2D eigenvalue weighted by Crippen LogP contribution is 2.57. The summed E-state index contributed by atoms with van der Waals surface area (Å²) in [5.74, 6) is 6.85. The van der Waals surface area contributed by atoms with Crippen LogP contribution >= 0.6 is 42.8 Å². The van der Waals surface area contributed by atoms with E-state index < -0.39 is 7.53 Å². The second kappa shape index (κ2) is 17.8. The van der Waals surface area contributed by atoms with Crippen LogP contribution in [0.5, 0.6) is 0 Å². The molecule has 0 aliphatic rings. The van der Waals surface area contributed by atoms with E-state index in [0.717, 1.165) is 19.3 Å².